The van der Waals surface area contributed by atoms with Crippen LogP contribution in [0, 0.1) is 6.92 Å². The third-order valence-corrected chi connectivity index (χ3v) is 3.07. The third kappa shape index (κ3) is 4.81. The van der Waals surface area contributed by atoms with Gasteiger partial charge in [-0.3, -0.25) is 0 Å². The maximum absolute atomic E-state index is 5.62. The molecular weight excluding hydrogens is 252 g/mol. The Labute approximate surface area is 120 Å². The molecule has 0 fully saturated rings. The molecule has 1 aliphatic rings. The van der Waals surface area contributed by atoms with Crippen molar-refractivity contribution in [2.75, 3.05) is 25.0 Å². The van der Waals surface area contributed by atoms with Gasteiger partial charge in [-0.2, -0.15) is 4.98 Å². The van der Waals surface area contributed by atoms with Crippen LogP contribution in [-0.2, 0) is 0 Å². The first kappa shape index (κ1) is 14.8. The zero-order valence-electron chi connectivity index (χ0n) is 12.6. The normalized spacial score (nSPS) is 15.1. The molecule has 0 radical (unpaired) electrons. The van der Waals surface area contributed by atoms with Crippen molar-refractivity contribution in [2.24, 2.45) is 0 Å². The van der Waals surface area contributed by atoms with Gasteiger partial charge in [0.1, 0.15) is 0 Å². The van der Waals surface area contributed by atoms with Gasteiger partial charge in [0.2, 0.25) is 11.8 Å². The number of aromatic nitrogens is 2. The lowest BCUT2D eigenvalue weighted by atomic mass is 10.1. The largest absolute Gasteiger partial charge is 0.475 e. The molecule has 0 aromatic carbocycles. The van der Waals surface area contributed by atoms with Crippen molar-refractivity contribution in [3.8, 4) is 5.88 Å². The zero-order chi connectivity index (χ0) is 14.4. The van der Waals surface area contributed by atoms with Crippen LogP contribution in [-0.4, -0.2) is 35.7 Å². The van der Waals surface area contributed by atoms with E-state index in [2.05, 4.69) is 26.7 Å². The molecule has 0 saturated carbocycles. The summed E-state index contributed by atoms with van der Waals surface area (Å²) in [6.45, 7) is 8.87. The molecule has 1 aromatic heterocycles. The predicted octanol–water partition coefficient (Wildman–Crippen LogP) is 2.29. The summed E-state index contributed by atoms with van der Waals surface area (Å²) in [4.78, 5) is 8.77. The molecule has 2 heterocycles. The van der Waals surface area contributed by atoms with E-state index in [-0.39, 0.29) is 6.10 Å². The summed E-state index contributed by atoms with van der Waals surface area (Å²) in [6.07, 6.45) is 4.57. The van der Waals surface area contributed by atoms with Crippen molar-refractivity contribution in [2.45, 2.75) is 39.7 Å². The summed E-state index contributed by atoms with van der Waals surface area (Å²) in [7, 11) is 0. The van der Waals surface area contributed by atoms with Gasteiger partial charge in [-0.15, -0.1) is 0 Å². The molecule has 0 amide bonds. The molecule has 0 saturated heterocycles. The number of nitrogens with one attached hydrogen (secondary N) is 2. The van der Waals surface area contributed by atoms with Crippen LogP contribution in [0.4, 0.5) is 5.95 Å². The smallest absolute Gasteiger partial charge is 0.226 e. The van der Waals surface area contributed by atoms with Crippen LogP contribution in [0.2, 0.25) is 0 Å². The second-order valence-corrected chi connectivity index (χ2v) is 5.33. The van der Waals surface area contributed by atoms with E-state index in [9.17, 15) is 0 Å². The zero-order valence-corrected chi connectivity index (χ0v) is 12.6. The monoisotopic (exact) mass is 276 g/mol. The number of rotatable bonds is 6. The molecule has 2 rings (SSSR count). The number of nitrogens with zero attached hydrogens (tertiary/aromatic N) is 2. The van der Waals surface area contributed by atoms with Crippen LogP contribution in [0.1, 0.15) is 32.4 Å². The summed E-state index contributed by atoms with van der Waals surface area (Å²) in [6, 6.07) is 1.86. The van der Waals surface area contributed by atoms with E-state index in [0.717, 1.165) is 38.2 Å². The van der Waals surface area contributed by atoms with Crippen LogP contribution in [0.3, 0.4) is 0 Å². The lowest BCUT2D eigenvalue weighted by Crippen LogP contribution is -2.21. The molecule has 5 nitrogen and oxygen atoms in total. The number of hydrogen-bond donors (Lipinski definition) is 2. The minimum atomic E-state index is 0.122. The fourth-order valence-electron chi connectivity index (χ4n) is 2.15. The Morgan fingerprint density at radius 3 is 2.95 bits per heavy atom. The molecule has 0 spiro atoms. The lowest BCUT2D eigenvalue weighted by Gasteiger charge is -2.15. The van der Waals surface area contributed by atoms with Crippen molar-refractivity contribution in [3.05, 3.63) is 23.4 Å². The Morgan fingerprint density at radius 1 is 1.40 bits per heavy atom. The highest BCUT2D eigenvalue weighted by Crippen LogP contribution is 2.14. The van der Waals surface area contributed by atoms with Gasteiger partial charge < -0.3 is 15.4 Å². The van der Waals surface area contributed by atoms with Crippen molar-refractivity contribution in [1.29, 1.82) is 0 Å². The van der Waals surface area contributed by atoms with Crippen molar-refractivity contribution < 1.29 is 4.74 Å². The Balaban J connectivity index is 1.88. The van der Waals surface area contributed by atoms with E-state index in [1.807, 2.05) is 26.8 Å². The molecule has 0 unspecified atom stereocenters. The lowest BCUT2D eigenvalue weighted by molar-refractivity contribution is 0.232. The van der Waals surface area contributed by atoms with Gasteiger partial charge in [-0.05, 0) is 40.2 Å². The van der Waals surface area contributed by atoms with Crippen molar-refractivity contribution >= 4 is 5.95 Å². The van der Waals surface area contributed by atoms with Gasteiger partial charge in [0.15, 0.2) is 0 Å². The maximum atomic E-state index is 5.62. The maximum Gasteiger partial charge on any atom is 0.226 e. The van der Waals surface area contributed by atoms with Crippen molar-refractivity contribution in [1.82, 2.24) is 15.3 Å². The second-order valence-electron chi connectivity index (χ2n) is 5.33. The van der Waals surface area contributed by atoms with E-state index >= 15 is 0 Å². The average molecular weight is 276 g/mol. The van der Waals surface area contributed by atoms with Gasteiger partial charge >= 0.3 is 0 Å². The van der Waals surface area contributed by atoms with Gasteiger partial charge in [-0.1, -0.05) is 11.6 Å². The van der Waals surface area contributed by atoms with Gasteiger partial charge in [-0.25, -0.2) is 4.98 Å². The molecule has 0 bridgehead atoms. The molecule has 0 atom stereocenters. The molecular formula is C15H24N4O. The quantitative estimate of drug-likeness (QED) is 0.781. The molecule has 1 aromatic rings. The second kappa shape index (κ2) is 7.24. The summed E-state index contributed by atoms with van der Waals surface area (Å²) in [5, 5.41) is 6.60. The SMILES string of the molecule is Cc1cc(OC(C)C)nc(NCCC2=CCNCC2)n1. The molecule has 5 heteroatoms. The third-order valence-electron chi connectivity index (χ3n) is 3.07. The molecule has 1 aliphatic heterocycles. The van der Waals surface area contributed by atoms with Crippen LogP contribution >= 0.6 is 0 Å². The van der Waals surface area contributed by atoms with Crippen LogP contribution in [0.5, 0.6) is 5.88 Å². The van der Waals surface area contributed by atoms with Gasteiger partial charge in [0, 0.05) is 24.8 Å². The van der Waals surface area contributed by atoms with E-state index in [4.69, 9.17) is 4.74 Å². The highest BCUT2D eigenvalue weighted by atomic mass is 16.5. The average Bonchev–Trinajstić information content (AvgIpc) is 2.38. The molecule has 0 aliphatic carbocycles. The fourth-order valence-corrected chi connectivity index (χ4v) is 2.15. The fraction of sp³-hybridized carbons (Fsp3) is 0.600. The summed E-state index contributed by atoms with van der Waals surface area (Å²) >= 11 is 0. The minimum Gasteiger partial charge on any atom is -0.475 e. The van der Waals surface area contributed by atoms with E-state index in [1.54, 1.807) is 0 Å². The first-order chi connectivity index (χ1) is 9.63. The van der Waals surface area contributed by atoms with Gasteiger partial charge in [0.25, 0.3) is 0 Å². The first-order valence-corrected chi connectivity index (χ1v) is 7.28. The highest BCUT2D eigenvalue weighted by Gasteiger charge is 2.06. The van der Waals surface area contributed by atoms with E-state index in [0.29, 0.717) is 11.8 Å². The summed E-state index contributed by atoms with van der Waals surface area (Å²) < 4.78 is 5.62. The summed E-state index contributed by atoms with van der Waals surface area (Å²) in [5.41, 5.74) is 2.42. The number of hydrogen-bond acceptors (Lipinski definition) is 5. The van der Waals surface area contributed by atoms with Crippen LogP contribution in [0.15, 0.2) is 17.7 Å². The topological polar surface area (TPSA) is 59.1 Å². The molecule has 110 valence electrons. The van der Waals surface area contributed by atoms with E-state index < -0.39 is 0 Å². The van der Waals surface area contributed by atoms with E-state index in [1.165, 1.54) is 5.57 Å². The Kier molecular flexibility index (Phi) is 5.35. The Bertz CT molecular complexity index is 471. The standard InChI is InChI=1S/C15H24N4O/c1-11(2)20-14-10-12(3)18-15(19-14)17-9-6-13-4-7-16-8-5-13/h4,10-11,16H,5-9H2,1-3H3,(H,17,18,19). The number of aryl methyl sites for hydroxylation is 1. The Morgan fingerprint density at radius 2 is 2.25 bits per heavy atom. The van der Waals surface area contributed by atoms with Crippen LogP contribution in [0.25, 0.3) is 0 Å². The van der Waals surface area contributed by atoms with Crippen LogP contribution < -0.4 is 15.4 Å². The first-order valence-electron chi connectivity index (χ1n) is 7.28. The van der Waals surface area contributed by atoms with Crippen molar-refractivity contribution in [3.63, 3.8) is 0 Å². The number of ether oxygens (including phenoxy) is 1. The number of anilines is 1. The highest BCUT2D eigenvalue weighted by molar-refractivity contribution is 5.31. The summed E-state index contributed by atoms with van der Waals surface area (Å²) in [5.74, 6) is 1.28. The Hall–Kier alpha value is -1.62. The minimum absolute atomic E-state index is 0.122. The molecule has 2 N–H and O–H groups in total. The predicted molar refractivity (Wildman–Crippen MR) is 81.2 cm³/mol. The van der Waals surface area contributed by atoms with Gasteiger partial charge in [0.05, 0.1) is 6.10 Å². The molecule has 20 heavy (non-hydrogen) atoms.